The zero-order chi connectivity index (χ0) is 16.4. The van der Waals surface area contributed by atoms with Crippen LogP contribution < -0.4 is 0 Å². The van der Waals surface area contributed by atoms with E-state index < -0.39 is 0 Å². The summed E-state index contributed by atoms with van der Waals surface area (Å²) < 4.78 is 1.75. The molecular weight excluding hydrogens is 312 g/mol. The Morgan fingerprint density at radius 1 is 1.43 bits per heavy atom. The number of H-pyrrole nitrogens is 1. The number of thioether (sulfide) groups is 1. The van der Waals surface area contributed by atoms with Crippen molar-refractivity contribution in [1.82, 2.24) is 24.7 Å². The van der Waals surface area contributed by atoms with Crippen LogP contribution in [0.15, 0.2) is 41.5 Å². The molecule has 116 valence electrons. The van der Waals surface area contributed by atoms with Crippen LogP contribution in [0, 0.1) is 11.3 Å². The summed E-state index contributed by atoms with van der Waals surface area (Å²) in [7, 11) is 1.82. The summed E-state index contributed by atoms with van der Waals surface area (Å²) >= 11 is 1.32. The summed E-state index contributed by atoms with van der Waals surface area (Å²) in [6.07, 6.45) is 1.58. The van der Waals surface area contributed by atoms with Crippen molar-refractivity contribution in [2.24, 2.45) is 7.05 Å². The van der Waals surface area contributed by atoms with Crippen molar-refractivity contribution in [3.63, 3.8) is 0 Å². The number of imidazole rings is 1. The van der Waals surface area contributed by atoms with Gasteiger partial charge in [0.2, 0.25) is 0 Å². The Hall–Kier alpha value is -2.79. The van der Waals surface area contributed by atoms with Crippen molar-refractivity contribution in [1.29, 1.82) is 5.26 Å². The van der Waals surface area contributed by atoms with E-state index in [0.29, 0.717) is 11.0 Å². The highest BCUT2D eigenvalue weighted by molar-refractivity contribution is 7.99. The van der Waals surface area contributed by atoms with E-state index in [1.54, 1.807) is 17.8 Å². The predicted octanol–water partition coefficient (Wildman–Crippen LogP) is 2.66. The molecule has 0 saturated carbocycles. The van der Waals surface area contributed by atoms with Crippen LogP contribution in [0.1, 0.15) is 12.7 Å². The molecule has 0 unspecified atom stereocenters. The largest absolute Gasteiger partial charge is 0.510 e. The van der Waals surface area contributed by atoms with E-state index >= 15 is 0 Å². The first-order chi connectivity index (χ1) is 11.1. The molecule has 3 rings (SSSR count). The molecule has 0 spiro atoms. The van der Waals surface area contributed by atoms with Gasteiger partial charge in [0.1, 0.15) is 23.7 Å². The Labute approximate surface area is 136 Å². The third-order valence-electron chi connectivity index (χ3n) is 3.33. The molecule has 0 aliphatic rings. The Morgan fingerprint density at radius 3 is 2.87 bits per heavy atom. The number of nitriles is 1. The smallest absolute Gasteiger partial charge is 0.191 e. The Balaban J connectivity index is 1.95. The summed E-state index contributed by atoms with van der Waals surface area (Å²) in [6, 6.07) is 9.50. The molecule has 0 aliphatic carbocycles. The normalized spacial score (nSPS) is 13.6. The average molecular weight is 326 g/mol. The maximum absolute atomic E-state index is 10.5. The van der Waals surface area contributed by atoms with Crippen molar-refractivity contribution >= 4 is 28.4 Å². The van der Waals surface area contributed by atoms with Crippen LogP contribution >= 0.6 is 11.8 Å². The van der Waals surface area contributed by atoms with Crippen LogP contribution in [0.25, 0.3) is 16.6 Å². The summed E-state index contributed by atoms with van der Waals surface area (Å²) in [5, 5.41) is 28.0. The third-order valence-corrected chi connectivity index (χ3v) is 4.49. The fourth-order valence-electron chi connectivity index (χ4n) is 2.10. The van der Waals surface area contributed by atoms with Crippen molar-refractivity contribution < 1.29 is 5.11 Å². The number of aryl methyl sites for hydroxylation is 1. The van der Waals surface area contributed by atoms with Gasteiger partial charge in [-0.3, -0.25) is 0 Å². The van der Waals surface area contributed by atoms with Crippen molar-refractivity contribution in [2.45, 2.75) is 17.3 Å². The molecule has 8 heteroatoms. The second kappa shape index (κ2) is 6.14. The van der Waals surface area contributed by atoms with Gasteiger partial charge in [-0.15, -0.1) is 10.2 Å². The van der Waals surface area contributed by atoms with E-state index in [4.69, 9.17) is 0 Å². The maximum atomic E-state index is 10.5. The number of rotatable bonds is 4. The summed E-state index contributed by atoms with van der Waals surface area (Å²) in [4.78, 5) is 7.42. The molecule has 0 fully saturated rings. The van der Waals surface area contributed by atoms with Gasteiger partial charge in [-0.2, -0.15) is 5.26 Å². The Bertz CT molecular complexity index is 886. The molecule has 0 radical (unpaired) electrons. The van der Waals surface area contributed by atoms with Gasteiger partial charge in [0.05, 0.1) is 16.3 Å². The highest BCUT2D eigenvalue weighted by Crippen LogP contribution is 2.29. The number of nitrogens with zero attached hydrogens (tertiary/aromatic N) is 5. The fourth-order valence-corrected chi connectivity index (χ4v) is 2.95. The number of nitrogens with one attached hydrogen (secondary N) is 1. The topological polar surface area (TPSA) is 103 Å². The van der Waals surface area contributed by atoms with Gasteiger partial charge in [0.15, 0.2) is 11.0 Å². The standard InChI is InChI=1S/C15H14N6OS/c1-9(23-15-20-17-8-21(15)2)13(22)10(7-16)14-18-11-5-3-4-6-12(11)19-14/h3-6,8-9,22H,1-2H3,(H,18,19)/b13-10-/t9-/m1/s1. The van der Waals surface area contributed by atoms with Crippen LogP contribution in [0.4, 0.5) is 0 Å². The molecule has 2 heterocycles. The SMILES string of the molecule is C[C@@H](Sc1nncn1C)/C(O)=C(\C#N)c1nc2ccccc2[nH]1. The average Bonchev–Trinajstić information content (AvgIpc) is 3.14. The number of fused-ring (bicyclic) bond motifs is 1. The maximum Gasteiger partial charge on any atom is 0.191 e. The van der Waals surface area contributed by atoms with Crippen LogP contribution in [-0.2, 0) is 7.05 Å². The lowest BCUT2D eigenvalue weighted by Gasteiger charge is -2.10. The van der Waals surface area contributed by atoms with Gasteiger partial charge in [-0.1, -0.05) is 23.9 Å². The number of aromatic nitrogens is 5. The predicted molar refractivity (Wildman–Crippen MR) is 87.6 cm³/mol. The number of allylic oxidation sites excluding steroid dienone is 1. The number of aliphatic hydroxyl groups excluding tert-OH is 1. The molecule has 0 bridgehead atoms. The van der Waals surface area contributed by atoms with Crippen molar-refractivity contribution in [2.75, 3.05) is 0 Å². The lowest BCUT2D eigenvalue weighted by atomic mass is 10.2. The molecule has 0 amide bonds. The first kappa shape index (κ1) is 15.1. The monoisotopic (exact) mass is 326 g/mol. The zero-order valence-corrected chi connectivity index (χ0v) is 13.4. The van der Waals surface area contributed by atoms with E-state index in [9.17, 15) is 10.4 Å². The van der Waals surface area contributed by atoms with E-state index in [0.717, 1.165) is 11.0 Å². The van der Waals surface area contributed by atoms with Gasteiger partial charge in [-0.05, 0) is 19.1 Å². The van der Waals surface area contributed by atoms with Crippen LogP contribution in [0.2, 0.25) is 0 Å². The molecule has 7 nitrogen and oxygen atoms in total. The molecule has 0 saturated heterocycles. The molecule has 23 heavy (non-hydrogen) atoms. The minimum Gasteiger partial charge on any atom is -0.510 e. The van der Waals surface area contributed by atoms with E-state index in [-0.39, 0.29) is 16.6 Å². The number of benzene rings is 1. The van der Waals surface area contributed by atoms with Gasteiger partial charge < -0.3 is 14.7 Å². The van der Waals surface area contributed by atoms with Crippen LogP contribution in [0.3, 0.4) is 0 Å². The Kier molecular flexibility index (Phi) is 4.04. The third kappa shape index (κ3) is 2.91. The number of para-hydroxylation sites is 2. The number of aliphatic hydroxyl groups is 1. The first-order valence-corrected chi connectivity index (χ1v) is 7.77. The molecule has 3 aromatic rings. The van der Waals surface area contributed by atoms with Gasteiger partial charge in [0.25, 0.3) is 0 Å². The van der Waals surface area contributed by atoms with Crippen molar-refractivity contribution in [3.8, 4) is 6.07 Å². The lowest BCUT2D eigenvalue weighted by molar-refractivity contribution is 0.401. The number of hydrogen-bond donors (Lipinski definition) is 2. The molecule has 1 aromatic carbocycles. The van der Waals surface area contributed by atoms with Crippen molar-refractivity contribution in [3.05, 3.63) is 42.2 Å². The van der Waals surface area contributed by atoms with Gasteiger partial charge in [0, 0.05) is 7.05 Å². The van der Waals surface area contributed by atoms with Crippen LogP contribution in [-0.4, -0.2) is 35.1 Å². The zero-order valence-electron chi connectivity index (χ0n) is 12.6. The quantitative estimate of drug-likeness (QED) is 0.434. The molecule has 0 aliphatic heterocycles. The lowest BCUT2D eigenvalue weighted by Crippen LogP contribution is -2.06. The summed E-state index contributed by atoms with van der Waals surface area (Å²) in [5.41, 5.74) is 1.69. The molecule has 1 atom stereocenters. The number of hydrogen-bond acceptors (Lipinski definition) is 6. The van der Waals surface area contributed by atoms with Crippen LogP contribution in [0.5, 0.6) is 0 Å². The molecule has 2 aromatic heterocycles. The van der Waals surface area contributed by atoms with E-state index in [1.165, 1.54) is 11.8 Å². The van der Waals surface area contributed by atoms with E-state index in [2.05, 4.69) is 20.2 Å². The molecular formula is C15H14N6OS. The van der Waals surface area contributed by atoms with Gasteiger partial charge >= 0.3 is 0 Å². The highest BCUT2D eigenvalue weighted by Gasteiger charge is 2.20. The Morgan fingerprint density at radius 2 is 2.22 bits per heavy atom. The highest BCUT2D eigenvalue weighted by atomic mass is 32.2. The van der Waals surface area contributed by atoms with E-state index in [1.807, 2.05) is 37.4 Å². The minimum atomic E-state index is -0.360. The second-order valence-corrected chi connectivity index (χ2v) is 6.27. The van der Waals surface area contributed by atoms with Gasteiger partial charge in [-0.25, -0.2) is 4.98 Å². The minimum absolute atomic E-state index is 0.0421. The summed E-state index contributed by atoms with van der Waals surface area (Å²) in [6.45, 7) is 1.80. The summed E-state index contributed by atoms with van der Waals surface area (Å²) in [5.74, 6) is 0.316. The second-order valence-electron chi connectivity index (χ2n) is 4.96. The first-order valence-electron chi connectivity index (χ1n) is 6.89. The number of aromatic amines is 1. The molecule has 2 N–H and O–H groups in total. The fraction of sp³-hybridized carbons (Fsp3) is 0.200.